The molecule has 0 aliphatic carbocycles. The van der Waals surface area contributed by atoms with Gasteiger partial charge in [-0.05, 0) is 77.0 Å². The van der Waals surface area contributed by atoms with E-state index in [9.17, 15) is 19.8 Å². The normalized spacial score (nSPS) is 12.9. The highest BCUT2D eigenvalue weighted by atomic mass is 16.5. The number of hydrogen-bond acceptors (Lipinski definition) is 5. The number of aliphatic hydroxyl groups is 2. The van der Waals surface area contributed by atoms with Crippen LogP contribution in [-0.4, -0.2) is 47.4 Å². The van der Waals surface area contributed by atoms with E-state index in [1.54, 1.807) is 0 Å². The van der Waals surface area contributed by atoms with Gasteiger partial charge in [-0.25, -0.2) is 0 Å². The molecule has 0 saturated heterocycles. The molecule has 0 fully saturated rings. The fraction of sp³-hybridized carbons (Fsp3) is 0.841. The lowest BCUT2D eigenvalue weighted by atomic mass is 10.0. The Hall–Kier alpha value is -2.18. The molecule has 0 aromatic heterocycles. The highest BCUT2D eigenvalue weighted by molar-refractivity contribution is 5.76. The van der Waals surface area contributed by atoms with Crippen molar-refractivity contribution in [3.63, 3.8) is 0 Å². The zero-order valence-electron chi connectivity index (χ0n) is 46.0. The van der Waals surface area contributed by atoms with Crippen molar-refractivity contribution >= 4 is 11.9 Å². The number of allylic oxidation sites excluding steroid dienone is 7. The van der Waals surface area contributed by atoms with Gasteiger partial charge in [-0.15, -0.1) is 0 Å². The van der Waals surface area contributed by atoms with Crippen LogP contribution in [0.4, 0.5) is 0 Å². The molecule has 0 aromatic carbocycles. The van der Waals surface area contributed by atoms with Gasteiger partial charge in [0.15, 0.2) is 0 Å². The van der Waals surface area contributed by atoms with Crippen LogP contribution in [0.1, 0.15) is 316 Å². The van der Waals surface area contributed by atoms with E-state index in [4.69, 9.17) is 4.74 Å². The summed E-state index contributed by atoms with van der Waals surface area (Å²) < 4.78 is 5.42. The number of carbonyl (C=O) groups is 2. The molecule has 1 amide bonds. The van der Waals surface area contributed by atoms with Gasteiger partial charge in [-0.1, -0.05) is 274 Å². The first kappa shape index (κ1) is 66.8. The minimum Gasteiger partial charge on any atom is -0.465 e. The molecule has 0 heterocycles. The number of rotatable bonds is 56. The summed E-state index contributed by atoms with van der Waals surface area (Å²) in [7, 11) is 0. The molecule has 0 saturated carbocycles. The molecule has 6 heteroatoms. The summed E-state index contributed by atoms with van der Waals surface area (Å²) in [5.74, 6) is -0.0827. The van der Waals surface area contributed by atoms with Gasteiger partial charge in [0.25, 0.3) is 0 Å². The van der Waals surface area contributed by atoms with Gasteiger partial charge in [-0.2, -0.15) is 0 Å². The van der Waals surface area contributed by atoms with Crippen molar-refractivity contribution in [2.24, 2.45) is 0 Å². The summed E-state index contributed by atoms with van der Waals surface area (Å²) in [6, 6.07) is -0.546. The van der Waals surface area contributed by atoms with Gasteiger partial charge < -0.3 is 20.3 Å². The van der Waals surface area contributed by atoms with Gasteiger partial charge in [0.1, 0.15) is 0 Å². The van der Waals surface area contributed by atoms with Gasteiger partial charge in [0.05, 0.1) is 25.4 Å². The molecule has 69 heavy (non-hydrogen) atoms. The minimum atomic E-state index is -0.668. The van der Waals surface area contributed by atoms with Gasteiger partial charge >= 0.3 is 5.97 Å². The fourth-order valence-electron chi connectivity index (χ4n) is 9.21. The molecular formula is C63H117NO5. The number of amides is 1. The quantitative estimate of drug-likeness (QED) is 0.0321. The van der Waals surface area contributed by atoms with Gasteiger partial charge in [-0.3, -0.25) is 9.59 Å². The van der Waals surface area contributed by atoms with Crippen LogP contribution in [0.15, 0.2) is 48.6 Å². The van der Waals surface area contributed by atoms with E-state index >= 15 is 0 Å². The largest absolute Gasteiger partial charge is 0.465 e. The van der Waals surface area contributed by atoms with E-state index in [0.29, 0.717) is 25.9 Å². The predicted molar refractivity (Wildman–Crippen MR) is 301 cm³/mol. The monoisotopic (exact) mass is 968 g/mol. The second-order valence-electron chi connectivity index (χ2n) is 20.7. The van der Waals surface area contributed by atoms with Crippen LogP contribution in [0.3, 0.4) is 0 Å². The number of unbranched alkanes of at least 4 members (excludes halogenated alkanes) is 37. The Morgan fingerprint density at radius 3 is 1.13 bits per heavy atom. The van der Waals surface area contributed by atoms with Crippen molar-refractivity contribution in [1.29, 1.82) is 0 Å². The molecule has 0 aromatic rings. The van der Waals surface area contributed by atoms with Crippen molar-refractivity contribution in [3.8, 4) is 0 Å². The van der Waals surface area contributed by atoms with Crippen LogP contribution in [0, 0.1) is 0 Å². The molecule has 2 atom stereocenters. The summed E-state index contributed by atoms with van der Waals surface area (Å²) >= 11 is 0. The van der Waals surface area contributed by atoms with E-state index < -0.39 is 12.1 Å². The molecule has 0 aliphatic rings. The molecule has 6 nitrogen and oxygen atoms in total. The topological polar surface area (TPSA) is 95.9 Å². The van der Waals surface area contributed by atoms with Crippen LogP contribution < -0.4 is 5.32 Å². The van der Waals surface area contributed by atoms with Crippen molar-refractivity contribution < 1.29 is 24.5 Å². The van der Waals surface area contributed by atoms with E-state index in [-0.39, 0.29) is 18.5 Å². The van der Waals surface area contributed by atoms with Crippen LogP contribution in [0.5, 0.6) is 0 Å². The molecular weight excluding hydrogens is 851 g/mol. The highest BCUT2D eigenvalue weighted by Gasteiger charge is 2.20. The van der Waals surface area contributed by atoms with E-state index in [1.807, 2.05) is 0 Å². The first-order valence-electron chi connectivity index (χ1n) is 30.4. The smallest absolute Gasteiger partial charge is 0.305 e. The molecule has 3 N–H and O–H groups in total. The fourth-order valence-corrected chi connectivity index (χ4v) is 9.21. The minimum absolute atomic E-state index is 0.0395. The highest BCUT2D eigenvalue weighted by Crippen LogP contribution is 2.17. The Morgan fingerprint density at radius 2 is 0.725 bits per heavy atom. The Kier molecular flexibility index (Phi) is 56.5. The number of aliphatic hydroxyl groups excluding tert-OH is 2. The summed E-state index contributed by atoms with van der Waals surface area (Å²) in [6.07, 6.45) is 74.1. The maximum absolute atomic E-state index is 12.5. The SMILES string of the molecule is CCCCC/C=C\C/C=C\CCCCCCCCCC(=O)OCC/C=C\C/C=C\CCCCCCCCCCCCCCCCC(=O)NC(CO)C(O)CCCCCCCCCCCCCCCC. The number of esters is 1. The summed E-state index contributed by atoms with van der Waals surface area (Å²) in [6.45, 7) is 4.82. The average molecular weight is 969 g/mol. The Labute approximate surface area is 429 Å². The number of ether oxygens (including phenoxy) is 1. The third-order valence-corrected chi connectivity index (χ3v) is 13.9. The van der Waals surface area contributed by atoms with Gasteiger partial charge in [0.2, 0.25) is 5.91 Å². The van der Waals surface area contributed by atoms with Crippen LogP contribution in [0.25, 0.3) is 0 Å². The van der Waals surface area contributed by atoms with E-state index in [1.165, 1.54) is 225 Å². The van der Waals surface area contributed by atoms with E-state index in [2.05, 4.69) is 67.8 Å². The molecule has 0 bridgehead atoms. The van der Waals surface area contributed by atoms with Gasteiger partial charge in [0, 0.05) is 12.8 Å². The standard InChI is InChI=1S/C63H117NO5/c1-3-5-7-9-11-13-15-17-19-25-29-33-37-41-45-49-53-57-63(68)69-58-54-50-46-42-38-34-30-27-24-22-20-21-23-26-28-32-36-40-44-48-52-56-62(67)64-60(59-65)61(66)55-51-47-43-39-35-31-18-16-14-12-10-8-6-4-2/h11,13,17,19,34,38,46,50,60-61,65-66H,3-10,12,14-16,18,20-33,35-37,39-45,47-49,51-59H2,1-2H3,(H,64,67)/b13-11-,19-17-,38-34-,50-46-. The zero-order chi connectivity index (χ0) is 50.0. The zero-order valence-corrected chi connectivity index (χ0v) is 46.0. The second-order valence-corrected chi connectivity index (χ2v) is 20.7. The number of hydrogen-bond donors (Lipinski definition) is 3. The molecule has 0 radical (unpaired) electrons. The summed E-state index contributed by atoms with van der Waals surface area (Å²) in [5, 5.41) is 23.3. The first-order chi connectivity index (χ1) is 34.0. The Bertz CT molecular complexity index is 1160. The van der Waals surface area contributed by atoms with Crippen molar-refractivity contribution in [3.05, 3.63) is 48.6 Å². The maximum atomic E-state index is 12.5. The lowest BCUT2D eigenvalue weighted by molar-refractivity contribution is -0.143. The number of carbonyl (C=O) groups excluding carboxylic acids is 2. The number of nitrogens with one attached hydrogen (secondary N) is 1. The Balaban J connectivity index is 3.45. The third kappa shape index (κ3) is 55.0. The van der Waals surface area contributed by atoms with Crippen molar-refractivity contribution in [2.75, 3.05) is 13.2 Å². The predicted octanol–water partition coefficient (Wildman–Crippen LogP) is 19.0. The van der Waals surface area contributed by atoms with Crippen LogP contribution in [0.2, 0.25) is 0 Å². The van der Waals surface area contributed by atoms with Crippen molar-refractivity contribution in [2.45, 2.75) is 328 Å². The summed E-state index contributed by atoms with van der Waals surface area (Å²) in [4.78, 5) is 24.5. The molecule has 404 valence electrons. The van der Waals surface area contributed by atoms with Crippen LogP contribution >= 0.6 is 0 Å². The van der Waals surface area contributed by atoms with E-state index in [0.717, 1.165) is 57.8 Å². The molecule has 0 aliphatic heterocycles. The lowest BCUT2D eigenvalue weighted by Crippen LogP contribution is -2.45. The molecule has 0 rings (SSSR count). The first-order valence-corrected chi connectivity index (χ1v) is 30.4. The second kappa shape index (κ2) is 58.4. The summed E-state index contributed by atoms with van der Waals surface area (Å²) in [5.41, 5.74) is 0. The Morgan fingerprint density at radius 1 is 0.406 bits per heavy atom. The maximum Gasteiger partial charge on any atom is 0.305 e. The molecule has 0 spiro atoms. The third-order valence-electron chi connectivity index (χ3n) is 13.9. The van der Waals surface area contributed by atoms with Crippen molar-refractivity contribution in [1.82, 2.24) is 5.32 Å². The molecule has 2 unspecified atom stereocenters. The lowest BCUT2D eigenvalue weighted by Gasteiger charge is -2.22. The van der Waals surface area contributed by atoms with Crippen LogP contribution in [-0.2, 0) is 14.3 Å². The average Bonchev–Trinajstić information content (AvgIpc) is 3.35.